The molecule has 0 aliphatic heterocycles. The lowest BCUT2D eigenvalue weighted by molar-refractivity contribution is 0.455. The zero-order valence-corrected chi connectivity index (χ0v) is 18.2. The molecule has 13 heteroatoms. The second-order valence-corrected chi connectivity index (χ2v) is 7.60. The van der Waals surface area contributed by atoms with Crippen LogP contribution in [-0.4, -0.2) is 25.0 Å². The summed E-state index contributed by atoms with van der Waals surface area (Å²) < 4.78 is 21.0. The van der Waals surface area contributed by atoms with E-state index in [1.54, 1.807) is 19.1 Å². The molecule has 4 aromatic rings. The van der Waals surface area contributed by atoms with E-state index in [0.717, 1.165) is 4.68 Å². The number of hydrogen-bond donors (Lipinski definition) is 3. The summed E-state index contributed by atoms with van der Waals surface area (Å²) in [6, 6.07) is 8.46. The first-order valence-electron chi connectivity index (χ1n) is 9.17. The first-order chi connectivity index (χ1) is 15.7. The molecule has 0 atom stereocenters. The summed E-state index contributed by atoms with van der Waals surface area (Å²) in [5.41, 5.74) is 3.66. The molecule has 0 saturated carbocycles. The van der Waals surface area contributed by atoms with Crippen molar-refractivity contribution in [2.45, 2.75) is 6.92 Å². The molecule has 2 aromatic heterocycles. The van der Waals surface area contributed by atoms with Gasteiger partial charge in [-0.1, -0.05) is 41.4 Å². The van der Waals surface area contributed by atoms with Gasteiger partial charge < -0.3 is 10.5 Å². The lowest BCUT2D eigenvalue weighted by Gasteiger charge is -2.12. The minimum absolute atomic E-state index is 0.00969. The van der Waals surface area contributed by atoms with Crippen molar-refractivity contribution in [1.82, 2.24) is 25.0 Å². The van der Waals surface area contributed by atoms with Gasteiger partial charge in [0.15, 0.2) is 5.75 Å². The van der Waals surface area contributed by atoms with Crippen molar-refractivity contribution in [2.75, 3.05) is 5.73 Å². The maximum atomic E-state index is 14.5. The van der Waals surface area contributed by atoms with Crippen LogP contribution in [-0.2, 0) is 0 Å². The molecule has 168 valence electrons. The van der Waals surface area contributed by atoms with Crippen molar-refractivity contribution in [2.24, 2.45) is 0 Å². The van der Waals surface area contributed by atoms with Gasteiger partial charge >= 0.3 is 5.69 Å². The Hall–Kier alpha value is -3.96. The smallest absolute Gasteiger partial charge is 0.349 e. The fourth-order valence-electron chi connectivity index (χ4n) is 2.95. The second-order valence-electron chi connectivity index (χ2n) is 6.78. The third kappa shape index (κ3) is 4.23. The normalized spacial score (nSPS) is 10.9. The molecule has 2 heterocycles. The summed E-state index contributed by atoms with van der Waals surface area (Å²) in [5.74, 6) is -1.16. The molecule has 0 unspecified atom stereocenters. The summed E-state index contributed by atoms with van der Waals surface area (Å²) in [6.07, 6.45) is 0. The number of nitrogen functional groups attached to an aromatic ring is 1. The third-order valence-corrected chi connectivity index (χ3v) is 5.11. The number of aromatic nitrogens is 5. The molecule has 0 fully saturated rings. The van der Waals surface area contributed by atoms with Crippen LogP contribution in [0.5, 0.6) is 11.6 Å². The van der Waals surface area contributed by atoms with E-state index in [1.807, 2.05) is 4.98 Å². The van der Waals surface area contributed by atoms with Gasteiger partial charge in [0, 0.05) is 11.6 Å². The first kappa shape index (κ1) is 22.2. The van der Waals surface area contributed by atoms with Gasteiger partial charge in [0.05, 0.1) is 21.3 Å². The van der Waals surface area contributed by atoms with E-state index in [-0.39, 0.29) is 38.5 Å². The molecule has 0 aliphatic rings. The molecule has 0 spiro atoms. The zero-order valence-electron chi connectivity index (χ0n) is 16.6. The van der Waals surface area contributed by atoms with Crippen molar-refractivity contribution in [3.63, 3.8) is 0 Å². The number of hydrogen-bond acceptors (Lipinski definition) is 7. The van der Waals surface area contributed by atoms with Crippen LogP contribution in [0.1, 0.15) is 5.56 Å². The minimum atomic E-state index is -0.859. The van der Waals surface area contributed by atoms with E-state index < -0.39 is 28.4 Å². The number of anilines is 1. The molecule has 0 amide bonds. The lowest BCUT2D eigenvalue weighted by atomic mass is 10.0. The van der Waals surface area contributed by atoms with Gasteiger partial charge in [-0.05, 0) is 24.6 Å². The molecule has 2 aromatic carbocycles. The third-order valence-electron chi connectivity index (χ3n) is 4.55. The fraction of sp³-hybridized carbons (Fsp3) is 0.0500. The zero-order chi connectivity index (χ0) is 23.9. The van der Waals surface area contributed by atoms with E-state index in [0.29, 0.717) is 5.56 Å². The number of nitrogens with zero attached hydrogens (tertiary/aromatic N) is 3. The van der Waals surface area contributed by atoms with Crippen molar-refractivity contribution in [3.05, 3.63) is 89.0 Å². The number of aryl methyl sites for hydroxylation is 1. The molecule has 4 rings (SSSR count). The van der Waals surface area contributed by atoms with Gasteiger partial charge in [-0.15, -0.1) is 10.2 Å². The van der Waals surface area contributed by atoms with Gasteiger partial charge in [-0.25, -0.2) is 14.3 Å². The monoisotopic (exact) mass is 490 g/mol. The second kappa shape index (κ2) is 8.52. The maximum Gasteiger partial charge on any atom is 0.349 e. The van der Waals surface area contributed by atoms with Crippen LogP contribution in [0.25, 0.3) is 16.8 Å². The number of nitrogens with two attached hydrogens (primary N) is 1. The van der Waals surface area contributed by atoms with Crippen LogP contribution in [0.3, 0.4) is 0 Å². The maximum absolute atomic E-state index is 14.5. The number of benzene rings is 2. The number of rotatable bonds is 4. The highest BCUT2D eigenvalue weighted by Gasteiger charge is 2.17. The quantitative estimate of drug-likeness (QED) is 0.398. The number of aromatic amines is 2. The van der Waals surface area contributed by atoms with Gasteiger partial charge in [0.2, 0.25) is 11.7 Å². The topological polar surface area (TPSA) is 149 Å². The number of nitrogens with one attached hydrogen (secondary N) is 2. The molecule has 10 nitrogen and oxygen atoms in total. The largest absolute Gasteiger partial charge is 0.434 e. The van der Waals surface area contributed by atoms with E-state index in [4.69, 9.17) is 33.7 Å². The lowest BCUT2D eigenvalue weighted by Crippen LogP contribution is -2.33. The first-order valence-corrected chi connectivity index (χ1v) is 9.93. The average Bonchev–Trinajstić information content (AvgIpc) is 2.76. The Morgan fingerprint density at radius 2 is 1.76 bits per heavy atom. The number of H-pyrrole nitrogens is 2. The Balaban J connectivity index is 1.75. The van der Waals surface area contributed by atoms with Crippen LogP contribution in [0.2, 0.25) is 10.0 Å². The summed E-state index contributed by atoms with van der Waals surface area (Å²) in [6.45, 7) is 1.57. The average molecular weight is 491 g/mol. The van der Waals surface area contributed by atoms with Crippen molar-refractivity contribution >= 4 is 29.0 Å². The molecular weight excluding hydrogens is 478 g/mol. The number of ether oxygens (including phenoxy) is 1. The summed E-state index contributed by atoms with van der Waals surface area (Å²) in [4.78, 5) is 37.7. The molecule has 0 radical (unpaired) electrons. The van der Waals surface area contributed by atoms with Crippen molar-refractivity contribution in [1.29, 1.82) is 0 Å². The molecule has 0 saturated heterocycles. The van der Waals surface area contributed by atoms with E-state index in [1.165, 1.54) is 24.3 Å². The standard InChI is InChI=1S/C20H13Cl2FN6O4/c1-8-3-2-4-10(15(8)23)11-7-14(26-27-18(11)30)33-16-12(21)5-9(6-13(16)22)29-20(32)25-19(31)17(24)28-29/h2-7H,1H3,(H2,24,28)(H,27,30)(H,25,31,32). The van der Waals surface area contributed by atoms with Crippen LogP contribution >= 0.6 is 23.2 Å². The molecule has 0 aliphatic carbocycles. The van der Waals surface area contributed by atoms with E-state index in [9.17, 15) is 18.8 Å². The van der Waals surface area contributed by atoms with Gasteiger partial charge in [0.1, 0.15) is 5.82 Å². The molecule has 33 heavy (non-hydrogen) atoms. The molecule has 4 N–H and O–H groups in total. The minimum Gasteiger partial charge on any atom is -0.434 e. The Morgan fingerprint density at radius 1 is 1.06 bits per heavy atom. The molecule has 0 bridgehead atoms. The van der Waals surface area contributed by atoms with Crippen molar-refractivity contribution < 1.29 is 9.13 Å². The Bertz CT molecular complexity index is 1560. The highest BCUT2D eigenvalue weighted by atomic mass is 35.5. The number of halogens is 3. The Kier molecular flexibility index (Phi) is 5.75. The van der Waals surface area contributed by atoms with E-state index >= 15 is 0 Å². The Labute approximate surface area is 193 Å². The predicted molar refractivity (Wildman–Crippen MR) is 120 cm³/mol. The van der Waals surface area contributed by atoms with Gasteiger partial charge in [-0.2, -0.15) is 4.68 Å². The van der Waals surface area contributed by atoms with Crippen LogP contribution in [0.4, 0.5) is 10.2 Å². The highest BCUT2D eigenvalue weighted by molar-refractivity contribution is 6.37. The van der Waals surface area contributed by atoms with E-state index in [2.05, 4.69) is 15.3 Å². The summed E-state index contributed by atoms with van der Waals surface area (Å²) in [7, 11) is 0. The fourth-order valence-corrected chi connectivity index (χ4v) is 3.51. The summed E-state index contributed by atoms with van der Waals surface area (Å²) >= 11 is 12.6. The van der Waals surface area contributed by atoms with Crippen LogP contribution in [0.15, 0.2) is 50.8 Å². The van der Waals surface area contributed by atoms with Gasteiger partial charge in [0.25, 0.3) is 11.1 Å². The molecular formula is C20H13Cl2FN6O4. The predicted octanol–water partition coefficient (Wildman–Crippen LogP) is 2.80. The van der Waals surface area contributed by atoms with Crippen molar-refractivity contribution in [3.8, 4) is 28.4 Å². The SMILES string of the molecule is Cc1cccc(-c2cc(Oc3c(Cl)cc(-n4nc(N)c(=O)[nH]c4=O)cc3Cl)n[nH]c2=O)c1F. The van der Waals surface area contributed by atoms with Gasteiger partial charge in [-0.3, -0.25) is 14.6 Å². The van der Waals surface area contributed by atoms with Crippen LogP contribution in [0, 0.1) is 12.7 Å². The van der Waals surface area contributed by atoms with Crippen LogP contribution < -0.4 is 27.3 Å². The highest BCUT2D eigenvalue weighted by Crippen LogP contribution is 2.38. The Morgan fingerprint density at radius 3 is 2.45 bits per heavy atom. The summed E-state index contributed by atoms with van der Waals surface area (Å²) in [5, 5.41) is 9.63.